The van der Waals surface area contributed by atoms with Crippen LogP contribution in [-0.4, -0.2) is 13.2 Å². The van der Waals surface area contributed by atoms with Gasteiger partial charge in [-0.05, 0) is 6.42 Å². The van der Waals surface area contributed by atoms with E-state index >= 15 is 0 Å². The molecule has 0 spiro atoms. The van der Waals surface area contributed by atoms with Gasteiger partial charge in [-0.3, -0.25) is 0 Å². The molecule has 0 fully saturated rings. The average Bonchev–Trinajstić information content (AvgIpc) is 2.11. The van der Waals surface area contributed by atoms with Gasteiger partial charge in [0.25, 0.3) is 0 Å². The van der Waals surface area contributed by atoms with Gasteiger partial charge in [0.1, 0.15) is 0 Å². The van der Waals surface area contributed by atoms with E-state index in [0.717, 1.165) is 6.42 Å². The fraction of sp³-hybridized carbons (Fsp3) is 0.818. The van der Waals surface area contributed by atoms with Crippen molar-refractivity contribution in [1.29, 1.82) is 0 Å². The van der Waals surface area contributed by atoms with Gasteiger partial charge in [0.15, 0.2) is 0 Å². The third kappa shape index (κ3) is 6.41. The lowest BCUT2D eigenvalue weighted by atomic mass is 10.1. The molecule has 0 bridgehead atoms. The second-order valence-electron chi connectivity index (χ2n) is 3.17. The summed E-state index contributed by atoms with van der Waals surface area (Å²) in [7, 11) is 1.71. The molecule has 1 unspecified atom stereocenters. The van der Waals surface area contributed by atoms with Crippen LogP contribution < -0.4 is 0 Å². The van der Waals surface area contributed by atoms with Crippen molar-refractivity contribution in [1.82, 2.24) is 0 Å². The van der Waals surface area contributed by atoms with Gasteiger partial charge in [-0.2, -0.15) is 0 Å². The molecule has 0 aliphatic heterocycles. The highest BCUT2D eigenvalue weighted by molar-refractivity contribution is 4.76. The Labute approximate surface area is 76.8 Å². The molecule has 0 heterocycles. The molecule has 0 aliphatic carbocycles. The van der Waals surface area contributed by atoms with Gasteiger partial charge in [0, 0.05) is 7.11 Å². The van der Waals surface area contributed by atoms with Crippen LogP contribution in [0.4, 0.5) is 0 Å². The quantitative estimate of drug-likeness (QED) is 0.506. The summed E-state index contributed by atoms with van der Waals surface area (Å²) in [5.41, 5.74) is 0. The predicted molar refractivity (Wildman–Crippen MR) is 53.0 cm³/mol. The molecule has 0 saturated carbocycles. The lowest BCUT2D eigenvalue weighted by Crippen LogP contribution is -2.05. The first-order valence-corrected chi connectivity index (χ1v) is 4.93. The normalized spacial score (nSPS) is 12.8. The zero-order valence-electron chi connectivity index (χ0n) is 8.38. The number of hydrogen-bond donors (Lipinski definition) is 0. The molecule has 0 aromatic carbocycles. The molecule has 1 radical (unpaired) electrons. The van der Waals surface area contributed by atoms with Gasteiger partial charge in [0.05, 0.1) is 6.10 Å². The zero-order chi connectivity index (χ0) is 9.23. The number of unbranched alkanes of at least 4 members (excludes halogenated alkanes) is 4. The van der Waals surface area contributed by atoms with Crippen molar-refractivity contribution in [3.8, 4) is 0 Å². The van der Waals surface area contributed by atoms with Crippen LogP contribution in [0.2, 0.25) is 0 Å². The van der Waals surface area contributed by atoms with Crippen LogP contribution >= 0.6 is 0 Å². The fourth-order valence-corrected chi connectivity index (χ4v) is 1.24. The van der Waals surface area contributed by atoms with E-state index in [2.05, 4.69) is 6.92 Å². The SMILES string of the molecule is [CH]=CC(CCCCCCC)OC. The maximum Gasteiger partial charge on any atom is 0.0755 e. The van der Waals surface area contributed by atoms with Gasteiger partial charge in [-0.25, -0.2) is 0 Å². The summed E-state index contributed by atoms with van der Waals surface area (Å²) in [5.74, 6) is 0. The van der Waals surface area contributed by atoms with Crippen LogP contribution in [-0.2, 0) is 4.74 Å². The van der Waals surface area contributed by atoms with E-state index in [0.29, 0.717) is 0 Å². The number of methoxy groups -OCH3 is 1. The highest BCUT2D eigenvalue weighted by Crippen LogP contribution is 2.09. The van der Waals surface area contributed by atoms with Gasteiger partial charge in [-0.1, -0.05) is 51.7 Å². The van der Waals surface area contributed by atoms with Crippen molar-refractivity contribution in [3.63, 3.8) is 0 Å². The Kier molecular flexibility index (Phi) is 8.57. The maximum absolute atomic E-state index is 5.37. The highest BCUT2D eigenvalue weighted by atomic mass is 16.5. The Morgan fingerprint density at radius 2 is 1.92 bits per heavy atom. The van der Waals surface area contributed by atoms with Crippen molar-refractivity contribution >= 4 is 0 Å². The lowest BCUT2D eigenvalue weighted by molar-refractivity contribution is 0.131. The summed E-state index contributed by atoms with van der Waals surface area (Å²) in [6, 6.07) is 0. The number of ether oxygens (including phenoxy) is 1. The molecule has 0 N–H and O–H groups in total. The van der Waals surface area contributed by atoms with Crippen LogP contribution in [0.5, 0.6) is 0 Å². The summed E-state index contributed by atoms with van der Waals surface area (Å²) in [6.07, 6.45) is 9.40. The Morgan fingerprint density at radius 1 is 1.25 bits per heavy atom. The van der Waals surface area contributed by atoms with Gasteiger partial charge < -0.3 is 4.74 Å². The zero-order valence-corrected chi connectivity index (χ0v) is 8.38. The van der Waals surface area contributed by atoms with Crippen LogP contribution in [0, 0.1) is 6.58 Å². The van der Waals surface area contributed by atoms with Gasteiger partial charge in [0.2, 0.25) is 0 Å². The molecule has 0 aliphatic rings. The molecular formula is C11H21O. The fourth-order valence-electron chi connectivity index (χ4n) is 1.24. The Hall–Kier alpha value is -0.300. The van der Waals surface area contributed by atoms with E-state index in [4.69, 9.17) is 11.3 Å². The molecule has 0 aromatic rings. The van der Waals surface area contributed by atoms with Crippen LogP contribution in [0.1, 0.15) is 45.4 Å². The third-order valence-corrected chi connectivity index (χ3v) is 2.11. The van der Waals surface area contributed by atoms with E-state index in [1.807, 2.05) is 0 Å². The second-order valence-corrected chi connectivity index (χ2v) is 3.17. The van der Waals surface area contributed by atoms with Crippen molar-refractivity contribution in [2.24, 2.45) is 0 Å². The van der Waals surface area contributed by atoms with Crippen molar-refractivity contribution < 1.29 is 4.74 Å². The van der Waals surface area contributed by atoms with Gasteiger partial charge in [-0.15, -0.1) is 0 Å². The van der Waals surface area contributed by atoms with E-state index < -0.39 is 0 Å². The molecule has 1 atom stereocenters. The smallest absolute Gasteiger partial charge is 0.0755 e. The standard InChI is InChI=1S/C11H21O/c1-4-6-7-8-9-10-11(5-2)12-3/h2,5,11H,4,6-10H2,1,3H3. The van der Waals surface area contributed by atoms with Crippen molar-refractivity contribution in [3.05, 3.63) is 12.7 Å². The molecule has 1 heteroatoms. The number of rotatable bonds is 8. The predicted octanol–water partition coefficient (Wildman–Crippen LogP) is 3.35. The first-order chi connectivity index (χ1) is 5.85. The van der Waals surface area contributed by atoms with E-state index in [9.17, 15) is 0 Å². The van der Waals surface area contributed by atoms with E-state index in [1.165, 1.54) is 32.1 Å². The monoisotopic (exact) mass is 169 g/mol. The molecular weight excluding hydrogens is 148 g/mol. The van der Waals surface area contributed by atoms with Crippen LogP contribution in [0.15, 0.2) is 6.08 Å². The number of hydrogen-bond acceptors (Lipinski definition) is 1. The van der Waals surface area contributed by atoms with Crippen LogP contribution in [0.3, 0.4) is 0 Å². The average molecular weight is 169 g/mol. The summed E-state index contributed by atoms with van der Waals surface area (Å²) < 4.78 is 5.13. The summed E-state index contributed by atoms with van der Waals surface area (Å²) in [4.78, 5) is 0. The minimum Gasteiger partial charge on any atom is -0.377 e. The molecule has 0 rings (SSSR count). The lowest BCUT2D eigenvalue weighted by Gasteiger charge is -2.09. The van der Waals surface area contributed by atoms with Crippen molar-refractivity contribution in [2.75, 3.05) is 7.11 Å². The largest absolute Gasteiger partial charge is 0.377 e. The summed E-state index contributed by atoms with van der Waals surface area (Å²) >= 11 is 0. The molecule has 0 aromatic heterocycles. The Balaban J connectivity index is 3.12. The van der Waals surface area contributed by atoms with Crippen LogP contribution in [0.25, 0.3) is 0 Å². The Bertz CT molecular complexity index is 99.2. The molecule has 12 heavy (non-hydrogen) atoms. The first-order valence-electron chi connectivity index (χ1n) is 4.93. The van der Waals surface area contributed by atoms with E-state index in [1.54, 1.807) is 13.2 Å². The minimum absolute atomic E-state index is 0.159. The maximum atomic E-state index is 5.37. The molecule has 1 nitrogen and oxygen atoms in total. The molecule has 0 amide bonds. The molecule has 0 saturated heterocycles. The first kappa shape index (κ1) is 11.7. The highest BCUT2D eigenvalue weighted by Gasteiger charge is 1.99. The second kappa shape index (κ2) is 8.79. The van der Waals surface area contributed by atoms with E-state index in [-0.39, 0.29) is 6.10 Å². The van der Waals surface area contributed by atoms with Crippen molar-refractivity contribution in [2.45, 2.75) is 51.6 Å². The summed E-state index contributed by atoms with van der Waals surface area (Å²) in [5, 5.41) is 0. The summed E-state index contributed by atoms with van der Waals surface area (Å²) in [6.45, 7) is 7.60. The topological polar surface area (TPSA) is 9.23 Å². The van der Waals surface area contributed by atoms with Gasteiger partial charge >= 0.3 is 0 Å². The minimum atomic E-state index is 0.159. The molecule has 71 valence electrons. The Morgan fingerprint density at radius 3 is 2.42 bits per heavy atom. The third-order valence-electron chi connectivity index (χ3n) is 2.11.